The molecular weight excluding hydrogens is 268 g/mol. The number of aromatic nitrogens is 2. The molecular formula is C15H20N4O2. The monoisotopic (exact) mass is 288 g/mol. The van der Waals surface area contributed by atoms with Crippen molar-refractivity contribution < 1.29 is 9.21 Å². The Balaban J connectivity index is 2.18. The normalized spacial score (nSPS) is 10.4. The zero-order valence-corrected chi connectivity index (χ0v) is 12.6. The van der Waals surface area contributed by atoms with Gasteiger partial charge in [-0.3, -0.25) is 10.1 Å². The van der Waals surface area contributed by atoms with Crippen LogP contribution in [0.1, 0.15) is 42.0 Å². The minimum absolute atomic E-state index is 0.204. The van der Waals surface area contributed by atoms with E-state index in [9.17, 15) is 4.79 Å². The highest BCUT2D eigenvalue weighted by atomic mass is 16.4. The average molecular weight is 288 g/mol. The molecule has 21 heavy (non-hydrogen) atoms. The summed E-state index contributed by atoms with van der Waals surface area (Å²) in [5.74, 6) is 0.457. The summed E-state index contributed by atoms with van der Waals surface area (Å²) < 4.78 is 5.13. The lowest BCUT2D eigenvalue weighted by molar-refractivity contribution is 0.102. The van der Waals surface area contributed by atoms with Crippen LogP contribution in [0.3, 0.4) is 0 Å². The number of rotatable bonds is 6. The summed E-state index contributed by atoms with van der Waals surface area (Å²) in [5.41, 5.74) is 2.13. The summed E-state index contributed by atoms with van der Waals surface area (Å²) in [6.45, 7) is 6.70. The van der Waals surface area contributed by atoms with Crippen LogP contribution < -0.4 is 10.6 Å². The molecule has 2 heterocycles. The van der Waals surface area contributed by atoms with Crippen molar-refractivity contribution in [2.75, 3.05) is 17.2 Å². The summed E-state index contributed by atoms with van der Waals surface area (Å²) in [6.07, 6.45) is 3.25. The maximum Gasteiger partial charge on any atom is 0.301 e. The van der Waals surface area contributed by atoms with Gasteiger partial charge < -0.3 is 9.73 Å². The highest BCUT2D eigenvalue weighted by Crippen LogP contribution is 2.14. The molecule has 6 heteroatoms. The van der Waals surface area contributed by atoms with Crippen LogP contribution in [0.15, 0.2) is 22.8 Å². The number of anilines is 2. The third kappa shape index (κ3) is 4.05. The number of carbonyl (C=O) groups excluding carboxylic acids is 1. The molecule has 2 N–H and O–H groups in total. The molecule has 0 aliphatic carbocycles. The fourth-order valence-corrected chi connectivity index (χ4v) is 1.82. The van der Waals surface area contributed by atoms with Crippen molar-refractivity contribution in [3.05, 3.63) is 35.3 Å². The molecule has 0 saturated carbocycles. The SMILES string of the molecule is CCCNc1cc(C(=O)Nc2nc(C)co2)cc(CC)n1. The van der Waals surface area contributed by atoms with Crippen molar-refractivity contribution in [3.8, 4) is 0 Å². The van der Waals surface area contributed by atoms with E-state index in [0.29, 0.717) is 11.4 Å². The van der Waals surface area contributed by atoms with Crippen molar-refractivity contribution >= 4 is 17.7 Å². The third-order valence-corrected chi connectivity index (χ3v) is 2.90. The van der Waals surface area contributed by atoms with E-state index in [2.05, 4.69) is 27.5 Å². The van der Waals surface area contributed by atoms with E-state index in [1.54, 1.807) is 19.1 Å². The summed E-state index contributed by atoms with van der Waals surface area (Å²) in [4.78, 5) is 20.8. The molecule has 112 valence electrons. The third-order valence-electron chi connectivity index (χ3n) is 2.90. The van der Waals surface area contributed by atoms with Gasteiger partial charge in [0.15, 0.2) is 0 Å². The quantitative estimate of drug-likeness (QED) is 0.854. The van der Waals surface area contributed by atoms with Crippen LogP contribution in [-0.2, 0) is 6.42 Å². The van der Waals surface area contributed by atoms with Gasteiger partial charge >= 0.3 is 6.01 Å². The predicted molar refractivity (Wildman–Crippen MR) is 81.6 cm³/mol. The molecule has 1 amide bonds. The van der Waals surface area contributed by atoms with Crippen LogP contribution in [-0.4, -0.2) is 22.4 Å². The fourth-order valence-electron chi connectivity index (χ4n) is 1.82. The van der Waals surface area contributed by atoms with Gasteiger partial charge in [0.25, 0.3) is 5.91 Å². The Labute approximate surface area is 124 Å². The van der Waals surface area contributed by atoms with Crippen molar-refractivity contribution in [1.82, 2.24) is 9.97 Å². The second-order valence-electron chi connectivity index (χ2n) is 4.76. The molecule has 2 aromatic heterocycles. The largest absolute Gasteiger partial charge is 0.432 e. The van der Waals surface area contributed by atoms with Gasteiger partial charge in [-0.2, -0.15) is 4.98 Å². The van der Waals surface area contributed by atoms with Gasteiger partial charge in [-0.25, -0.2) is 4.98 Å². The van der Waals surface area contributed by atoms with Gasteiger partial charge in [-0.05, 0) is 31.9 Å². The Morgan fingerprint density at radius 1 is 1.29 bits per heavy atom. The molecule has 0 fully saturated rings. The highest BCUT2D eigenvalue weighted by molar-refractivity contribution is 6.03. The summed E-state index contributed by atoms with van der Waals surface area (Å²) in [7, 11) is 0. The first kappa shape index (κ1) is 15.0. The Morgan fingerprint density at radius 3 is 2.71 bits per heavy atom. The standard InChI is InChI=1S/C15H20N4O2/c1-4-6-16-13-8-11(7-12(5-2)18-13)14(20)19-15-17-10(3)9-21-15/h7-9H,4-6H2,1-3H3,(H,16,18)(H,17,19,20). The molecule has 0 aliphatic rings. The topological polar surface area (TPSA) is 80.0 Å². The zero-order valence-electron chi connectivity index (χ0n) is 12.6. The molecule has 0 aliphatic heterocycles. The van der Waals surface area contributed by atoms with Crippen LogP contribution in [0.4, 0.5) is 11.8 Å². The average Bonchev–Trinajstić information content (AvgIpc) is 2.89. The summed E-state index contributed by atoms with van der Waals surface area (Å²) in [6, 6.07) is 3.72. The number of aryl methyl sites for hydroxylation is 2. The van der Waals surface area contributed by atoms with E-state index in [0.717, 1.165) is 30.8 Å². The number of nitrogens with one attached hydrogen (secondary N) is 2. The minimum Gasteiger partial charge on any atom is -0.432 e. The maximum absolute atomic E-state index is 12.3. The maximum atomic E-state index is 12.3. The van der Waals surface area contributed by atoms with E-state index >= 15 is 0 Å². The second-order valence-corrected chi connectivity index (χ2v) is 4.76. The van der Waals surface area contributed by atoms with Gasteiger partial charge in [0, 0.05) is 17.8 Å². The first-order chi connectivity index (χ1) is 10.1. The van der Waals surface area contributed by atoms with Crippen LogP contribution in [0.2, 0.25) is 0 Å². The number of amides is 1. The molecule has 0 bridgehead atoms. The lowest BCUT2D eigenvalue weighted by atomic mass is 10.2. The molecule has 0 aromatic carbocycles. The molecule has 0 spiro atoms. The summed E-state index contributed by atoms with van der Waals surface area (Å²) in [5, 5.41) is 5.84. The Kier molecular flexibility index (Phi) is 4.92. The van der Waals surface area contributed by atoms with Crippen LogP contribution in [0, 0.1) is 6.92 Å². The van der Waals surface area contributed by atoms with Gasteiger partial charge in [0.2, 0.25) is 0 Å². The Morgan fingerprint density at radius 2 is 2.10 bits per heavy atom. The molecule has 0 atom stereocenters. The number of hydrogen-bond acceptors (Lipinski definition) is 5. The van der Waals surface area contributed by atoms with Crippen LogP contribution >= 0.6 is 0 Å². The number of carbonyl (C=O) groups is 1. The van der Waals surface area contributed by atoms with Crippen molar-refractivity contribution in [2.45, 2.75) is 33.6 Å². The van der Waals surface area contributed by atoms with Gasteiger partial charge in [-0.15, -0.1) is 0 Å². The van der Waals surface area contributed by atoms with E-state index in [1.807, 2.05) is 6.92 Å². The van der Waals surface area contributed by atoms with Crippen molar-refractivity contribution in [3.63, 3.8) is 0 Å². The van der Waals surface area contributed by atoms with Crippen molar-refractivity contribution in [2.24, 2.45) is 0 Å². The molecule has 0 unspecified atom stereocenters. The van der Waals surface area contributed by atoms with E-state index in [-0.39, 0.29) is 11.9 Å². The van der Waals surface area contributed by atoms with E-state index < -0.39 is 0 Å². The number of nitrogens with zero attached hydrogens (tertiary/aromatic N) is 2. The van der Waals surface area contributed by atoms with E-state index in [1.165, 1.54) is 6.26 Å². The van der Waals surface area contributed by atoms with Crippen LogP contribution in [0.25, 0.3) is 0 Å². The van der Waals surface area contributed by atoms with Crippen molar-refractivity contribution in [1.29, 1.82) is 0 Å². The lowest BCUT2D eigenvalue weighted by Gasteiger charge is -2.09. The predicted octanol–water partition coefficient (Wildman–Crippen LogP) is 3.01. The van der Waals surface area contributed by atoms with E-state index in [4.69, 9.17) is 4.42 Å². The van der Waals surface area contributed by atoms with Gasteiger partial charge in [-0.1, -0.05) is 13.8 Å². The smallest absolute Gasteiger partial charge is 0.301 e. The number of oxazole rings is 1. The fraction of sp³-hybridized carbons (Fsp3) is 0.400. The molecule has 6 nitrogen and oxygen atoms in total. The Hall–Kier alpha value is -2.37. The molecule has 0 radical (unpaired) electrons. The second kappa shape index (κ2) is 6.88. The lowest BCUT2D eigenvalue weighted by Crippen LogP contribution is -2.14. The first-order valence-corrected chi connectivity index (χ1v) is 7.10. The van der Waals surface area contributed by atoms with Crippen LogP contribution in [0.5, 0.6) is 0 Å². The van der Waals surface area contributed by atoms with Gasteiger partial charge in [0.1, 0.15) is 12.1 Å². The molecule has 2 rings (SSSR count). The zero-order chi connectivity index (χ0) is 15.2. The Bertz CT molecular complexity index is 622. The van der Waals surface area contributed by atoms with Gasteiger partial charge in [0.05, 0.1) is 5.69 Å². The number of pyridine rings is 1. The minimum atomic E-state index is -0.256. The summed E-state index contributed by atoms with van der Waals surface area (Å²) >= 11 is 0. The highest BCUT2D eigenvalue weighted by Gasteiger charge is 2.12. The molecule has 2 aromatic rings. The first-order valence-electron chi connectivity index (χ1n) is 7.10. The molecule has 0 saturated heterocycles. The number of hydrogen-bond donors (Lipinski definition) is 2.